The van der Waals surface area contributed by atoms with Gasteiger partial charge in [0.25, 0.3) is 5.91 Å². The minimum absolute atomic E-state index is 0.0485. The first-order valence-electron chi connectivity index (χ1n) is 9.69. The molecule has 1 aliphatic rings. The molecule has 1 fully saturated rings. The molecule has 162 valence electrons. The number of carbonyl (C=O) groups excluding carboxylic acids is 1. The predicted octanol–water partition coefficient (Wildman–Crippen LogP) is 3.70. The maximum Gasteiger partial charge on any atom is 0.259 e. The second-order valence-electron chi connectivity index (χ2n) is 6.93. The van der Waals surface area contributed by atoms with Crippen molar-refractivity contribution in [3.8, 4) is 16.9 Å². The van der Waals surface area contributed by atoms with E-state index in [4.69, 9.17) is 9.47 Å². The zero-order chi connectivity index (χ0) is 21.8. The Hall–Kier alpha value is -2.72. The van der Waals surface area contributed by atoms with Gasteiger partial charge in [0.15, 0.2) is 0 Å². The lowest BCUT2D eigenvalue weighted by atomic mass is 10.1. The molecule has 9 heteroatoms. The lowest BCUT2D eigenvalue weighted by molar-refractivity contribution is 0.0730. The van der Waals surface area contributed by atoms with Crippen molar-refractivity contribution in [2.45, 2.75) is 4.90 Å². The third kappa shape index (κ3) is 4.64. The molecular weight excluding hydrogens is 436 g/mol. The molecule has 7 nitrogen and oxygen atoms in total. The van der Waals surface area contributed by atoms with E-state index < -0.39 is 15.9 Å². The van der Waals surface area contributed by atoms with Crippen molar-refractivity contribution in [3.05, 3.63) is 64.9 Å². The van der Waals surface area contributed by atoms with E-state index in [0.717, 1.165) is 11.1 Å². The largest absolute Gasteiger partial charge is 0.496 e. The lowest BCUT2D eigenvalue weighted by Crippen LogP contribution is -2.40. The number of carbonyl (C=O) groups is 1. The Labute approximate surface area is 185 Å². The Bertz CT molecular complexity index is 1170. The van der Waals surface area contributed by atoms with Crippen LogP contribution in [0.2, 0.25) is 0 Å². The molecule has 0 unspecified atom stereocenters. The maximum atomic E-state index is 13.0. The fourth-order valence-corrected chi connectivity index (χ4v) is 5.46. The summed E-state index contributed by atoms with van der Waals surface area (Å²) in [5, 5.41) is 6.87. The monoisotopic (exact) mass is 458 g/mol. The van der Waals surface area contributed by atoms with Gasteiger partial charge in [-0.15, -0.1) is 0 Å². The minimum atomic E-state index is -3.73. The topological polar surface area (TPSA) is 84.9 Å². The quantitative estimate of drug-likeness (QED) is 0.609. The Morgan fingerprint density at radius 2 is 1.90 bits per heavy atom. The van der Waals surface area contributed by atoms with Gasteiger partial charge in [0.2, 0.25) is 10.0 Å². The third-order valence-corrected chi connectivity index (χ3v) is 7.58. The van der Waals surface area contributed by atoms with Crippen LogP contribution in [0.5, 0.6) is 5.75 Å². The molecule has 0 bridgehead atoms. The van der Waals surface area contributed by atoms with Crippen LogP contribution < -0.4 is 10.1 Å². The zero-order valence-corrected chi connectivity index (χ0v) is 18.5. The van der Waals surface area contributed by atoms with Crippen LogP contribution in [0.25, 0.3) is 11.1 Å². The molecule has 1 aromatic heterocycles. The standard InChI is InChI=1S/C22H22N2O5S2/c1-28-21-6-5-19(31(26,27)24-8-10-29-11-9-24)14-20(21)22(25)23-18-4-2-3-16(13-18)17-7-12-30-15-17/h2-7,12-15H,8-11H2,1H3,(H,23,25). The Morgan fingerprint density at radius 3 is 2.61 bits per heavy atom. The van der Waals surface area contributed by atoms with Crippen molar-refractivity contribution >= 4 is 33.0 Å². The summed E-state index contributed by atoms with van der Waals surface area (Å²) in [4.78, 5) is 13.1. The van der Waals surface area contributed by atoms with Gasteiger partial charge in [0.05, 0.1) is 30.8 Å². The maximum absolute atomic E-state index is 13.0. The molecule has 0 saturated carbocycles. The normalized spacial score (nSPS) is 14.9. The number of benzene rings is 2. The molecule has 1 N–H and O–H groups in total. The average molecular weight is 459 g/mol. The first-order chi connectivity index (χ1) is 15.0. The van der Waals surface area contributed by atoms with E-state index in [1.165, 1.54) is 29.6 Å². The van der Waals surface area contributed by atoms with Crippen LogP contribution in [0.1, 0.15) is 10.4 Å². The molecule has 1 saturated heterocycles. The molecule has 31 heavy (non-hydrogen) atoms. The smallest absolute Gasteiger partial charge is 0.259 e. The van der Waals surface area contributed by atoms with Crippen LogP contribution in [0.3, 0.4) is 0 Å². The van der Waals surface area contributed by atoms with Crippen LogP contribution in [0, 0.1) is 0 Å². The van der Waals surface area contributed by atoms with Crippen molar-refractivity contribution in [3.63, 3.8) is 0 Å². The molecule has 2 heterocycles. The summed E-state index contributed by atoms with van der Waals surface area (Å²) >= 11 is 1.60. The van der Waals surface area contributed by atoms with E-state index in [2.05, 4.69) is 5.32 Å². The van der Waals surface area contributed by atoms with Crippen molar-refractivity contribution in [1.82, 2.24) is 4.31 Å². The molecule has 0 aliphatic carbocycles. The van der Waals surface area contributed by atoms with Crippen molar-refractivity contribution in [2.75, 3.05) is 38.7 Å². The molecule has 3 aromatic rings. The van der Waals surface area contributed by atoms with Gasteiger partial charge in [0.1, 0.15) is 5.75 Å². The fourth-order valence-electron chi connectivity index (χ4n) is 3.36. The summed E-state index contributed by atoms with van der Waals surface area (Å²) < 4.78 is 37.9. The third-order valence-electron chi connectivity index (χ3n) is 5.00. The van der Waals surface area contributed by atoms with E-state index in [1.807, 2.05) is 35.0 Å². The first-order valence-corrected chi connectivity index (χ1v) is 12.1. The van der Waals surface area contributed by atoms with Gasteiger partial charge >= 0.3 is 0 Å². The number of nitrogens with zero attached hydrogens (tertiary/aromatic N) is 1. The lowest BCUT2D eigenvalue weighted by Gasteiger charge is -2.26. The predicted molar refractivity (Wildman–Crippen MR) is 120 cm³/mol. The minimum Gasteiger partial charge on any atom is -0.496 e. The number of ether oxygens (including phenoxy) is 2. The van der Waals surface area contributed by atoms with E-state index in [9.17, 15) is 13.2 Å². The highest BCUT2D eigenvalue weighted by molar-refractivity contribution is 7.89. The van der Waals surface area contributed by atoms with Crippen LogP contribution in [-0.4, -0.2) is 52.0 Å². The van der Waals surface area contributed by atoms with Crippen LogP contribution >= 0.6 is 11.3 Å². The van der Waals surface area contributed by atoms with Crippen molar-refractivity contribution in [1.29, 1.82) is 0 Å². The second kappa shape index (κ2) is 9.19. The Balaban J connectivity index is 1.62. The van der Waals surface area contributed by atoms with E-state index >= 15 is 0 Å². The molecule has 0 radical (unpaired) electrons. The number of methoxy groups -OCH3 is 1. The number of rotatable bonds is 6. The van der Waals surface area contributed by atoms with E-state index in [-0.39, 0.29) is 23.5 Å². The SMILES string of the molecule is COc1ccc(S(=O)(=O)N2CCOCC2)cc1C(=O)Nc1cccc(-c2ccsc2)c1. The number of amides is 1. The van der Waals surface area contributed by atoms with Gasteiger partial charge in [-0.05, 0) is 58.3 Å². The summed E-state index contributed by atoms with van der Waals surface area (Å²) in [6, 6.07) is 13.8. The fraction of sp³-hybridized carbons (Fsp3) is 0.227. The highest BCUT2D eigenvalue weighted by atomic mass is 32.2. The van der Waals surface area contributed by atoms with Crippen LogP contribution in [0.4, 0.5) is 5.69 Å². The van der Waals surface area contributed by atoms with Gasteiger partial charge in [-0.25, -0.2) is 8.42 Å². The van der Waals surface area contributed by atoms with Gasteiger partial charge in [0, 0.05) is 18.8 Å². The number of sulfonamides is 1. The van der Waals surface area contributed by atoms with E-state index in [1.54, 1.807) is 17.4 Å². The number of thiophene rings is 1. The first kappa shape index (κ1) is 21.5. The number of anilines is 1. The van der Waals surface area contributed by atoms with Gasteiger partial charge < -0.3 is 14.8 Å². The summed E-state index contributed by atoms with van der Waals surface area (Å²) in [5.74, 6) is -0.147. The molecule has 1 amide bonds. The summed E-state index contributed by atoms with van der Waals surface area (Å²) in [5.41, 5.74) is 2.81. The van der Waals surface area contributed by atoms with Crippen LogP contribution in [-0.2, 0) is 14.8 Å². The molecule has 0 spiro atoms. The second-order valence-corrected chi connectivity index (χ2v) is 9.64. The highest BCUT2D eigenvalue weighted by Gasteiger charge is 2.28. The van der Waals surface area contributed by atoms with Gasteiger partial charge in [-0.2, -0.15) is 15.6 Å². The average Bonchev–Trinajstić information content (AvgIpc) is 3.34. The molecule has 1 aliphatic heterocycles. The number of hydrogen-bond acceptors (Lipinski definition) is 6. The van der Waals surface area contributed by atoms with Gasteiger partial charge in [-0.1, -0.05) is 12.1 Å². The summed E-state index contributed by atoms with van der Waals surface area (Å²) in [6.07, 6.45) is 0. The molecule has 4 rings (SSSR count). The molecule has 2 aromatic carbocycles. The van der Waals surface area contributed by atoms with Crippen LogP contribution in [0.15, 0.2) is 64.2 Å². The van der Waals surface area contributed by atoms with E-state index in [0.29, 0.717) is 24.7 Å². The summed E-state index contributed by atoms with van der Waals surface area (Å²) in [6.45, 7) is 1.27. The zero-order valence-electron chi connectivity index (χ0n) is 16.9. The molecular formula is C22H22N2O5S2. The molecule has 0 atom stereocenters. The Kier molecular flexibility index (Phi) is 6.38. The summed E-state index contributed by atoms with van der Waals surface area (Å²) in [7, 11) is -2.29. The number of hydrogen-bond donors (Lipinski definition) is 1. The van der Waals surface area contributed by atoms with Crippen molar-refractivity contribution < 1.29 is 22.7 Å². The highest BCUT2D eigenvalue weighted by Crippen LogP contribution is 2.28. The van der Waals surface area contributed by atoms with Gasteiger partial charge in [-0.3, -0.25) is 4.79 Å². The number of morpholine rings is 1. The number of nitrogens with one attached hydrogen (secondary N) is 1. The van der Waals surface area contributed by atoms with Crippen molar-refractivity contribution in [2.24, 2.45) is 0 Å². The Morgan fingerprint density at radius 1 is 1.10 bits per heavy atom.